The number of aromatic amines is 2. The number of hydrogen-bond donors (Lipinski definition) is 2. The summed E-state index contributed by atoms with van der Waals surface area (Å²) in [6.07, 6.45) is 0.834. The summed E-state index contributed by atoms with van der Waals surface area (Å²) in [5.74, 6) is 0.797. The first-order valence-corrected chi connectivity index (χ1v) is 6.73. The van der Waals surface area contributed by atoms with Gasteiger partial charge in [0, 0.05) is 17.5 Å². The molecule has 3 aromatic rings. The maximum absolute atomic E-state index is 12.6. The van der Waals surface area contributed by atoms with Crippen molar-refractivity contribution in [2.24, 2.45) is 0 Å². The summed E-state index contributed by atoms with van der Waals surface area (Å²) in [5, 5.41) is 0. The number of ether oxygens (including phenoxy) is 1. The molecule has 1 aromatic heterocycles. The van der Waals surface area contributed by atoms with Gasteiger partial charge in [-0.25, -0.2) is 4.79 Å². The largest absolute Gasteiger partial charge is 0.493 e. The third-order valence-electron chi connectivity index (χ3n) is 3.73. The minimum Gasteiger partial charge on any atom is -0.493 e. The molecule has 0 amide bonds. The lowest BCUT2D eigenvalue weighted by molar-refractivity contribution is 0.103. The summed E-state index contributed by atoms with van der Waals surface area (Å²) < 4.78 is 5.44. The van der Waals surface area contributed by atoms with Crippen LogP contribution in [0.15, 0.2) is 41.2 Å². The van der Waals surface area contributed by atoms with E-state index >= 15 is 0 Å². The average Bonchev–Trinajstić information content (AvgIpc) is 3.09. The van der Waals surface area contributed by atoms with Gasteiger partial charge in [-0.15, -0.1) is 0 Å². The Hall–Kier alpha value is -2.82. The smallest absolute Gasteiger partial charge is 0.323 e. The summed E-state index contributed by atoms with van der Waals surface area (Å²) in [6, 6.07) is 10.6. The zero-order valence-corrected chi connectivity index (χ0v) is 11.1. The van der Waals surface area contributed by atoms with Crippen LogP contribution in [0, 0.1) is 0 Å². The van der Waals surface area contributed by atoms with E-state index < -0.39 is 0 Å². The molecular formula is C16H12N2O3. The molecule has 0 spiro atoms. The molecule has 2 aromatic carbocycles. The molecule has 21 heavy (non-hydrogen) atoms. The Bertz CT molecular complexity index is 921. The molecular weight excluding hydrogens is 268 g/mol. The van der Waals surface area contributed by atoms with Crippen molar-refractivity contribution in [1.29, 1.82) is 0 Å². The van der Waals surface area contributed by atoms with E-state index in [1.165, 1.54) is 0 Å². The van der Waals surface area contributed by atoms with E-state index in [-0.39, 0.29) is 11.5 Å². The molecule has 0 radical (unpaired) electrons. The van der Waals surface area contributed by atoms with Crippen LogP contribution in [0.1, 0.15) is 21.5 Å². The van der Waals surface area contributed by atoms with Gasteiger partial charge in [-0.1, -0.05) is 0 Å². The van der Waals surface area contributed by atoms with Crippen molar-refractivity contribution in [3.8, 4) is 5.75 Å². The lowest BCUT2D eigenvalue weighted by Gasteiger charge is -2.04. The van der Waals surface area contributed by atoms with Crippen molar-refractivity contribution in [3.63, 3.8) is 0 Å². The highest BCUT2D eigenvalue weighted by Crippen LogP contribution is 2.27. The first-order valence-electron chi connectivity index (χ1n) is 6.73. The van der Waals surface area contributed by atoms with Gasteiger partial charge in [0.1, 0.15) is 5.75 Å². The maximum atomic E-state index is 12.6. The normalized spacial score (nSPS) is 13.1. The van der Waals surface area contributed by atoms with Gasteiger partial charge in [0.25, 0.3) is 0 Å². The number of hydrogen-bond acceptors (Lipinski definition) is 3. The minimum absolute atomic E-state index is 0.0614. The van der Waals surface area contributed by atoms with Crippen LogP contribution in [0.3, 0.4) is 0 Å². The fourth-order valence-electron chi connectivity index (χ4n) is 2.67. The highest BCUT2D eigenvalue weighted by Gasteiger charge is 2.16. The van der Waals surface area contributed by atoms with Crippen molar-refractivity contribution >= 4 is 16.8 Å². The van der Waals surface area contributed by atoms with Gasteiger partial charge in [-0.2, -0.15) is 0 Å². The number of carbonyl (C=O) groups excluding carboxylic acids is 1. The van der Waals surface area contributed by atoms with Crippen LogP contribution in [-0.4, -0.2) is 22.4 Å². The third kappa shape index (κ3) is 1.94. The van der Waals surface area contributed by atoms with Crippen molar-refractivity contribution in [2.45, 2.75) is 6.42 Å². The van der Waals surface area contributed by atoms with Crippen LogP contribution in [0.5, 0.6) is 5.75 Å². The first-order chi connectivity index (χ1) is 10.2. The summed E-state index contributed by atoms with van der Waals surface area (Å²) in [6.45, 7) is 0.670. The molecule has 0 saturated heterocycles. The van der Waals surface area contributed by atoms with Crippen molar-refractivity contribution < 1.29 is 9.53 Å². The summed E-state index contributed by atoms with van der Waals surface area (Å²) in [4.78, 5) is 29.1. The van der Waals surface area contributed by atoms with Crippen LogP contribution in [0.25, 0.3) is 11.0 Å². The summed E-state index contributed by atoms with van der Waals surface area (Å²) in [7, 11) is 0. The first kappa shape index (κ1) is 12.0. The van der Waals surface area contributed by atoms with Crippen LogP contribution in [-0.2, 0) is 6.42 Å². The predicted octanol–water partition coefficient (Wildman–Crippen LogP) is 2.02. The molecule has 0 aliphatic carbocycles. The fraction of sp³-hybridized carbons (Fsp3) is 0.125. The van der Waals surface area contributed by atoms with E-state index in [0.29, 0.717) is 28.8 Å². The molecule has 104 valence electrons. The van der Waals surface area contributed by atoms with Crippen LogP contribution < -0.4 is 10.4 Å². The van der Waals surface area contributed by atoms with Gasteiger partial charge in [0.05, 0.1) is 17.6 Å². The van der Waals surface area contributed by atoms with Gasteiger partial charge >= 0.3 is 5.69 Å². The Morgan fingerprint density at radius 2 is 1.76 bits per heavy atom. The molecule has 1 aliphatic heterocycles. The Labute approximate surface area is 119 Å². The summed E-state index contributed by atoms with van der Waals surface area (Å²) >= 11 is 0. The topological polar surface area (TPSA) is 75.0 Å². The molecule has 2 heterocycles. The number of imidazole rings is 1. The number of H-pyrrole nitrogens is 2. The fourth-order valence-corrected chi connectivity index (χ4v) is 2.67. The highest BCUT2D eigenvalue weighted by molar-refractivity contribution is 6.10. The van der Waals surface area contributed by atoms with Gasteiger partial charge in [-0.3, -0.25) is 4.79 Å². The zero-order chi connectivity index (χ0) is 14.4. The predicted molar refractivity (Wildman–Crippen MR) is 78.0 cm³/mol. The Balaban J connectivity index is 1.77. The van der Waals surface area contributed by atoms with Crippen LogP contribution in [0.2, 0.25) is 0 Å². The number of rotatable bonds is 2. The quantitative estimate of drug-likeness (QED) is 0.705. The van der Waals surface area contributed by atoms with Gasteiger partial charge in [0.2, 0.25) is 0 Å². The molecule has 0 saturated carbocycles. The molecule has 1 aliphatic rings. The minimum atomic E-state index is -0.274. The molecule has 5 heteroatoms. The van der Waals surface area contributed by atoms with Gasteiger partial charge in [0.15, 0.2) is 5.78 Å². The highest BCUT2D eigenvalue weighted by atomic mass is 16.5. The van der Waals surface area contributed by atoms with Crippen LogP contribution in [0.4, 0.5) is 0 Å². The second-order valence-electron chi connectivity index (χ2n) is 5.09. The second kappa shape index (κ2) is 4.34. The number of nitrogens with one attached hydrogen (secondary N) is 2. The molecule has 4 rings (SSSR count). The Morgan fingerprint density at radius 3 is 2.67 bits per heavy atom. The number of benzene rings is 2. The monoisotopic (exact) mass is 280 g/mol. The molecule has 0 fully saturated rings. The number of aromatic nitrogens is 2. The van der Waals surface area contributed by atoms with E-state index in [1.54, 1.807) is 24.3 Å². The van der Waals surface area contributed by atoms with E-state index in [9.17, 15) is 9.59 Å². The standard InChI is InChI=1S/C16H12N2O3/c19-15(10-2-4-14-9(7-10)5-6-21-14)11-1-3-12-13(8-11)18-16(20)17-12/h1-4,7-8H,5-6H2,(H2,17,18,20). The number of carbonyl (C=O) groups is 1. The second-order valence-corrected chi connectivity index (χ2v) is 5.09. The van der Waals surface area contributed by atoms with Crippen LogP contribution >= 0.6 is 0 Å². The molecule has 0 atom stereocenters. The molecule has 2 N–H and O–H groups in total. The van der Waals surface area contributed by atoms with Gasteiger partial charge < -0.3 is 14.7 Å². The Kier molecular flexibility index (Phi) is 2.47. The molecule has 0 unspecified atom stereocenters. The van der Waals surface area contributed by atoms with Crippen molar-refractivity contribution in [3.05, 3.63) is 63.6 Å². The SMILES string of the molecule is O=C(c1ccc2c(c1)CCO2)c1ccc2[nH]c(=O)[nH]c2c1. The van der Waals surface area contributed by atoms with Crippen molar-refractivity contribution in [2.75, 3.05) is 6.61 Å². The zero-order valence-electron chi connectivity index (χ0n) is 11.1. The third-order valence-corrected chi connectivity index (χ3v) is 3.73. The lowest BCUT2D eigenvalue weighted by Crippen LogP contribution is -2.01. The lowest BCUT2D eigenvalue weighted by atomic mass is 10.00. The maximum Gasteiger partial charge on any atom is 0.323 e. The van der Waals surface area contributed by atoms with E-state index in [4.69, 9.17) is 4.74 Å². The summed E-state index contributed by atoms with van der Waals surface area (Å²) in [5.41, 5.74) is 3.31. The molecule has 5 nitrogen and oxygen atoms in total. The van der Waals surface area contributed by atoms with E-state index in [2.05, 4.69) is 9.97 Å². The number of fused-ring (bicyclic) bond motifs is 2. The van der Waals surface area contributed by atoms with E-state index in [1.807, 2.05) is 12.1 Å². The van der Waals surface area contributed by atoms with E-state index in [0.717, 1.165) is 17.7 Å². The number of ketones is 1. The molecule has 0 bridgehead atoms. The van der Waals surface area contributed by atoms with Gasteiger partial charge in [-0.05, 0) is 42.0 Å². The Morgan fingerprint density at radius 1 is 1.00 bits per heavy atom. The van der Waals surface area contributed by atoms with Crippen molar-refractivity contribution in [1.82, 2.24) is 9.97 Å². The average molecular weight is 280 g/mol.